The molecule has 1 N–H and O–H groups in total. The lowest BCUT2D eigenvalue weighted by Crippen LogP contribution is -2.38. The van der Waals surface area contributed by atoms with E-state index in [1.807, 2.05) is 31.2 Å². The molecule has 1 rings (SSSR count). The predicted molar refractivity (Wildman–Crippen MR) is 77.1 cm³/mol. The molecule has 0 saturated carbocycles. The number of carbonyl (C=O) groups excluding carboxylic acids is 1. The van der Waals surface area contributed by atoms with Gasteiger partial charge in [0.1, 0.15) is 5.75 Å². The fraction of sp³-hybridized carbons (Fsp3) is 0.462. The summed E-state index contributed by atoms with van der Waals surface area (Å²) in [4.78, 5) is 11.6. The minimum atomic E-state index is -0.0786. The molecule has 0 radical (unpaired) electrons. The number of hydrogen-bond acceptors (Lipinski definition) is 2. The molecule has 94 valence electrons. The van der Waals surface area contributed by atoms with Crippen molar-refractivity contribution in [2.24, 2.45) is 5.92 Å². The van der Waals surface area contributed by atoms with Gasteiger partial charge in [0.15, 0.2) is 6.61 Å². The van der Waals surface area contributed by atoms with Crippen molar-refractivity contribution in [2.45, 2.75) is 26.8 Å². The third kappa shape index (κ3) is 5.39. The molecule has 0 fully saturated rings. The highest BCUT2D eigenvalue weighted by molar-refractivity contribution is 14.1. The molecule has 0 aliphatic heterocycles. The van der Waals surface area contributed by atoms with Gasteiger partial charge in [-0.25, -0.2) is 0 Å². The first-order chi connectivity index (χ1) is 7.99. The number of rotatable bonds is 5. The first-order valence-corrected chi connectivity index (χ1v) is 6.74. The van der Waals surface area contributed by atoms with Crippen molar-refractivity contribution in [3.63, 3.8) is 0 Å². The highest BCUT2D eigenvalue weighted by Gasteiger charge is 2.10. The smallest absolute Gasteiger partial charge is 0.258 e. The van der Waals surface area contributed by atoms with Crippen molar-refractivity contribution < 1.29 is 9.53 Å². The average molecular weight is 347 g/mol. The lowest BCUT2D eigenvalue weighted by Gasteiger charge is -2.17. The second-order valence-electron chi connectivity index (χ2n) is 4.35. The molecule has 0 spiro atoms. The first kappa shape index (κ1) is 14.3. The van der Waals surface area contributed by atoms with Gasteiger partial charge in [0.25, 0.3) is 5.91 Å². The first-order valence-electron chi connectivity index (χ1n) is 5.66. The molecular formula is C13H18INO2. The van der Waals surface area contributed by atoms with Gasteiger partial charge in [-0.15, -0.1) is 0 Å². The summed E-state index contributed by atoms with van der Waals surface area (Å²) in [5.74, 6) is 1.07. The standard InChI is InChI=1S/C13H18INO2/c1-9(2)10(3)15-13(16)8-17-12-6-4-5-11(14)7-12/h4-7,9-10H,8H2,1-3H3,(H,15,16)/t10-/m1/s1. The molecule has 1 atom stereocenters. The molecule has 1 aromatic carbocycles. The quantitative estimate of drug-likeness (QED) is 0.832. The van der Waals surface area contributed by atoms with Gasteiger partial charge in [-0.2, -0.15) is 0 Å². The molecule has 1 aromatic rings. The number of hydrogen-bond donors (Lipinski definition) is 1. The van der Waals surface area contributed by atoms with Gasteiger partial charge in [0.05, 0.1) is 0 Å². The molecule has 4 heteroatoms. The van der Waals surface area contributed by atoms with E-state index in [4.69, 9.17) is 4.74 Å². The van der Waals surface area contributed by atoms with E-state index in [0.717, 1.165) is 9.32 Å². The van der Waals surface area contributed by atoms with Gasteiger partial charge < -0.3 is 10.1 Å². The predicted octanol–water partition coefficient (Wildman–Crippen LogP) is 2.83. The highest BCUT2D eigenvalue weighted by atomic mass is 127. The third-order valence-corrected chi connectivity index (χ3v) is 3.23. The Balaban J connectivity index is 2.38. The number of ether oxygens (including phenoxy) is 1. The monoisotopic (exact) mass is 347 g/mol. The maximum atomic E-state index is 11.6. The van der Waals surface area contributed by atoms with Gasteiger partial charge in [0, 0.05) is 9.61 Å². The van der Waals surface area contributed by atoms with Crippen molar-refractivity contribution in [2.75, 3.05) is 6.61 Å². The zero-order valence-corrected chi connectivity index (χ0v) is 12.5. The van der Waals surface area contributed by atoms with Crippen LogP contribution in [0.1, 0.15) is 20.8 Å². The Morgan fingerprint density at radius 3 is 2.71 bits per heavy atom. The number of halogens is 1. The van der Waals surface area contributed by atoms with E-state index < -0.39 is 0 Å². The van der Waals surface area contributed by atoms with Crippen molar-refractivity contribution in [1.29, 1.82) is 0 Å². The van der Waals surface area contributed by atoms with Gasteiger partial charge in [-0.3, -0.25) is 4.79 Å². The van der Waals surface area contributed by atoms with E-state index in [1.54, 1.807) is 0 Å². The minimum absolute atomic E-state index is 0.0666. The van der Waals surface area contributed by atoms with Crippen LogP contribution in [0.4, 0.5) is 0 Å². The Morgan fingerprint density at radius 1 is 1.41 bits per heavy atom. The third-order valence-electron chi connectivity index (χ3n) is 2.55. The lowest BCUT2D eigenvalue weighted by molar-refractivity contribution is -0.124. The van der Waals surface area contributed by atoms with Crippen LogP contribution in [0.25, 0.3) is 0 Å². The van der Waals surface area contributed by atoms with Crippen molar-refractivity contribution in [1.82, 2.24) is 5.32 Å². The average Bonchev–Trinajstić information content (AvgIpc) is 2.26. The second kappa shape index (κ2) is 6.83. The van der Waals surface area contributed by atoms with Gasteiger partial charge in [0.2, 0.25) is 0 Å². The number of amides is 1. The second-order valence-corrected chi connectivity index (χ2v) is 5.59. The minimum Gasteiger partial charge on any atom is -0.484 e. The van der Waals surface area contributed by atoms with E-state index in [0.29, 0.717) is 5.92 Å². The van der Waals surface area contributed by atoms with Crippen LogP contribution in [0.15, 0.2) is 24.3 Å². The zero-order valence-electron chi connectivity index (χ0n) is 10.4. The Bertz CT molecular complexity index is 379. The Labute approximate surface area is 116 Å². The molecular weight excluding hydrogens is 329 g/mol. The number of benzene rings is 1. The summed E-state index contributed by atoms with van der Waals surface area (Å²) in [5.41, 5.74) is 0. The number of carbonyl (C=O) groups is 1. The Morgan fingerprint density at radius 2 is 2.12 bits per heavy atom. The molecule has 0 unspecified atom stereocenters. The van der Waals surface area contributed by atoms with Crippen LogP contribution >= 0.6 is 22.6 Å². The molecule has 17 heavy (non-hydrogen) atoms. The highest BCUT2D eigenvalue weighted by Crippen LogP contribution is 2.14. The van der Waals surface area contributed by atoms with Crippen LogP contribution in [-0.4, -0.2) is 18.6 Å². The van der Waals surface area contributed by atoms with E-state index in [9.17, 15) is 4.79 Å². The van der Waals surface area contributed by atoms with Crippen LogP contribution in [0.5, 0.6) is 5.75 Å². The topological polar surface area (TPSA) is 38.3 Å². The SMILES string of the molecule is CC(C)[C@@H](C)NC(=O)COc1cccc(I)c1. The summed E-state index contributed by atoms with van der Waals surface area (Å²) in [6, 6.07) is 7.81. The molecule has 0 aromatic heterocycles. The molecule has 0 bridgehead atoms. The number of nitrogens with one attached hydrogen (secondary N) is 1. The normalized spacial score (nSPS) is 12.3. The molecule has 0 saturated heterocycles. The van der Waals surface area contributed by atoms with Crippen LogP contribution in [-0.2, 0) is 4.79 Å². The van der Waals surface area contributed by atoms with E-state index in [1.165, 1.54) is 0 Å². The van der Waals surface area contributed by atoms with E-state index >= 15 is 0 Å². The van der Waals surface area contributed by atoms with Crippen LogP contribution in [0.3, 0.4) is 0 Å². The molecule has 1 amide bonds. The van der Waals surface area contributed by atoms with Crippen molar-refractivity contribution in [3.8, 4) is 5.75 Å². The largest absolute Gasteiger partial charge is 0.484 e. The maximum Gasteiger partial charge on any atom is 0.258 e. The summed E-state index contributed by atoms with van der Waals surface area (Å²) in [6.45, 7) is 6.21. The molecule has 3 nitrogen and oxygen atoms in total. The summed E-state index contributed by atoms with van der Waals surface area (Å²) in [7, 11) is 0. The van der Waals surface area contributed by atoms with E-state index in [-0.39, 0.29) is 18.6 Å². The van der Waals surface area contributed by atoms with Crippen LogP contribution in [0, 0.1) is 9.49 Å². The van der Waals surface area contributed by atoms with Gasteiger partial charge in [-0.1, -0.05) is 19.9 Å². The summed E-state index contributed by atoms with van der Waals surface area (Å²) >= 11 is 2.21. The fourth-order valence-corrected chi connectivity index (χ4v) is 1.68. The summed E-state index contributed by atoms with van der Waals surface area (Å²) < 4.78 is 6.51. The van der Waals surface area contributed by atoms with E-state index in [2.05, 4.69) is 41.8 Å². The Kier molecular flexibility index (Phi) is 5.74. The molecule has 0 aliphatic rings. The summed E-state index contributed by atoms with van der Waals surface area (Å²) in [6.07, 6.45) is 0. The maximum absolute atomic E-state index is 11.6. The van der Waals surface area contributed by atoms with Crippen molar-refractivity contribution in [3.05, 3.63) is 27.8 Å². The lowest BCUT2D eigenvalue weighted by atomic mass is 10.1. The van der Waals surface area contributed by atoms with Gasteiger partial charge in [-0.05, 0) is 53.6 Å². The van der Waals surface area contributed by atoms with Crippen LogP contribution in [0.2, 0.25) is 0 Å². The Hall–Kier alpha value is -0.780. The fourth-order valence-electron chi connectivity index (χ4n) is 1.17. The van der Waals surface area contributed by atoms with Gasteiger partial charge >= 0.3 is 0 Å². The zero-order chi connectivity index (χ0) is 12.8. The molecule has 0 aliphatic carbocycles. The van der Waals surface area contributed by atoms with Crippen molar-refractivity contribution >= 4 is 28.5 Å². The molecule has 0 heterocycles. The summed E-state index contributed by atoms with van der Waals surface area (Å²) in [5, 5.41) is 2.90. The van der Waals surface area contributed by atoms with Crippen LogP contribution < -0.4 is 10.1 Å².